The Hall–Kier alpha value is -1.33. The van der Waals surface area contributed by atoms with Crippen molar-refractivity contribution in [3.63, 3.8) is 0 Å². The predicted molar refractivity (Wildman–Crippen MR) is 117 cm³/mol. The Balaban J connectivity index is 1.94. The molecule has 0 aliphatic rings. The number of carbonyl (C=O) groups is 1. The summed E-state index contributed by atoms with van der Waals surface area (Å²) in [4.78, 5) is 17.8. The highest BCUT2D eigenvalue weighted by molar-refractivity contribution is 9.10. The summed E-state index contributed by atoms with van der Waals surface area (Å²) in [5.41, 5.74) is 2.16. The van der Waals surface area contributed by atoms with E-state index in [4.69, 9.17) is 4.74 Å². The van der Waals surface area contributed by atoms with Gasteiger partial charge in [-0.3, -0.25) is 4.79 Å². The number of H-pyrrole nitrogens is 1. The maximum absolute atomic E-state index is 12.3. The van der Waals surface area contributed by atoms with Gasteiger partial charge in [-0.05, 0) is 60.6 Å². The van der Waals surface area contributed by atoms with Crippen molar-refractivity contribution in [2.75, 3.05) is 20.6 Å². The number of halogens is 1. The molecule has 0 aliphatic carbocycles. The van der Waals surface area contributed by atoms with Gasteiger partial charge in [0.05, 0.1) is 10.1 Å². The second-order valence-corrected chi connectivity index (χ2v) is 8.29. The fourth-order valence-electron chi connectivity index (χ4n) is 3.31. The number of aromatic amines is 1. The van der Waals surface area contributed by atoms with E-state index in [9.17, 15) is 4.79 Å². The highest BCUT2D eigenvalue weighted by Gasteiger charge is 2.16. The van der Waals surface area contributed by atoms with Crippen LogP contribution in [0, 0.1) is 0 Å². The molecule has 150 valence electrons. The molecule has 0 bridgehead atoms. The Kier molecular flexibility index (Phi) is 9.35. The number of hydrogen-bond acceptors (Lipinski definition) is 3. The number of rotatable bonds is 12. The number of ether oxygens (including phenoxy) is 1. The minimum Gasteiger partial charge on any atom is -0.426 e. The van der Waals surface area contributed by atoms with Crippen molar-refractivity contribution in [3.8, 4) is 5.75 Å². The molecule has 0 unspecified atom stereocenters. The summed E-state index contributed by atoms with van der Waals surface area (Å²) in [5, 5.41) is 1.01. The lowest BCUT2D eigenvalue weighted by Crippen LogP contribution is -2.15. The van der Waals surface area contributed by atoms with E-state index in [1.807, 2.05) is 18.2 Å². The molecule has 0 radical (unpaired) electrons. The zero-order chi connectivity index (χ0) is 19.6. The molecule has 1 heterocycles. The number of fused-ring (bicyclic) bond motifs is 1. The maximum atomic E-state index is 12.3. The topological polar surface area (TPSA) is 45.3 Å². The third kappa shape index (κ3) is 6.96. The van der Waals surface area contributed by atoms with Gasteiger partial charge in [-0.1, -0.05) is 51.5 Å². The van der Waals surface area contributed by atoms with Gasteiger partial charge in [0.1, 0.15) is 5.75 Å². The Morgan fingerprint density at radius 1 is 1.11 bits per heavy atom. The van der Waals surface area contributed by atoms with E-state index in [1.165, 1.54) is 32.1 Å². The van der Waals surface area contributed by atoms with E-state index in [0.29, 0.717) is 12.2 Å². The number of unbranched alkanes of at least 4 members (excludes halogenated alkanes) is 6. The average Bonchev–Trinajstić information content (AvgIpc) is 2.95. The van der Waals surface area contributed by atoms with Gasteiger partial charge in [0, 0.05) is 18.4 Å². The summed E-state index contributed by atoms with van der Waals surface area (Å²) < 4.78 is 6.71. The zero-order valence-corrected chi connectivity index (χ0v) is 18.5. The molecule has 1 aromatic carbocycles. The smallest absolute Gasteiger partial charge is 0.311 e. The third-order valence-corrected chi connectivity index (χ3v) is 5.53. The molecule has 0 spiro atoms. The lowest BCUT2D eigenvalue weighted by Gasteiger charge is -2.11. The summed E-state index contributed by atoms with van der Waals surface area (Å²) >= 11 is 3.62. The molecule has 0 fully saturated rings. The van der Waals surface area contributed by atoms with E-state index in [2.05, 4.69) is 46.8 Å². The van der Waals surface area contributed by atoms with Crippen LogP contribution in [0.1, 0.15) is 63.9 Å². The fraction of sp³-hybridized carbons (Fsp3) is 0.591. The van der Waals surface area contributed by atoms with E-state index < -0.39 is 0 Å². The first kappa shape index (κ1) is 22.0. The molecule has 0 saturated carbocycles. The van der Waals surface area contributed by atoms with Gasteiger partial charge >= 0.3 is 5.97 Å². The maximum Gasteiger partial charge on any atom is 0.311 e. The van der Waals surface area contributed by atoms with Crippen LogP contribution in [-0.2, 0) is 11.2 Å². The van der Waals surface area contributed by atoms with Crippen LogP contribution < -0.4 is 4.74 Å². The second kappa shape index (κ2) is 11.5. The molecule has 0 atom stereocenters. The zero-order valence-electron chi connectivity index (χ0n) is 16.9. The molecule has 0 amide bonds. The van der Waals surface area contributed by atoms with E-state index in [0.717, 1.165) is 46.9 Å². The first-order chi connectivity index (χ1) is 13.0. The number of nitrogens with one attached hydrogen (secondary N) is 1. The fourth-order valence-corrected chi connectivity index (χ4v) is 3.92. The minimum absolute atomic E-state index is 0.132. The lowest BCUT2D eigenvalue weighted by atomic mass is 10.1. The predicted octanol–water partition coefficient (Wildman–Crippen LogP) is 6.08. The largest absolute Gasteiger partial charge is 0.426 e. The van der Waals surface area contributed by atoms with E-state index >= 15 is 0 Å². The molecular weight excluding hydrogens is 404 g/mol. The number of nitrogens with zero attached hydrogens (tertiary/aromatic N) is 1. The van der Waals surface area contributed by atoms with Crippen LogP contribution in [0.15, 0.2) is 22.8 Å². The quantitative estimate of drug-likeness (QED) is 0.249. The van der Waals surface area contributed by atoms with Crippen molar-refractivity contribution in [2.45, 2.75) is 64.7 Å². The number of carbonyl (C=O) groups excluding carboxylic acids is 1. The Morgan fingerprint density at radius 2 is 1.81 bits per heavy atom. The SMILES string of the molecule is CCCCCCCCCC(=O)Oc1cccc2[nH]c(Br)c(CCN(C)C)c12. The molecule has 0 saturated heterocycles. The summed E-state index contributed by atoms with van der Waals surface area (Å²) in [7, 11) is 4.12. The van der Waals surface area contributed by atoms with E-state index in [1.54, 1.807) is 0 Å². The minimum atomic E-state index is -0.132. The number of esters is 1. The van der Waals surface area contributed by atoms with Crippen molar-refractivity contribution in [1.29, 1.82) is 0 Å². The van der Waals surface area contributed by atoms with Gasteiger partial charge in [-0.15, -0.1) is 0 Å². The van der Waals surface area contributed by atoms with Crippen molar-refractivity contribution in [3.05, 3.63) is 28.4 Å². The monoisotopic (exact) mass is 436 g/mol. The van der Waals surface area contributed by atoms with Crippen LogP contribution in [0.5, 0.6) is 5.75 Å². The van der Waals surface area contributed by atoms with Gasteiger partial charge in [-0.25, -0.2) is 0 Å². The number of aromatic nitrogens is 1. The lowest BCUT2D eigenvalue weighted by molar-refractivity contribution is -0.134. The summed E-state index contributed by atoms with van der Waals surface area (Å²) in [6, 6.07) is 5.84. The summed E-state index contributed by atoms with van der Waals surface area (Å²) in [6.45, 7) is 3.16. The molecule has 1 N–H and O–H groups in total. The second-order valence-electron chi connectivity index (χ2n) is 7.49. The summed E-state index contributed by atoms with van der Waals surface area (Å²) in [6.07, 6.45) is 9.76. The van der Waals surface area contributed by atoms with Crippen LogP contribution in [0.4, 0.5) is 0 Å². The molecule has 1 aromatic heterocycles. The number of benzene rings is 1. The van der Waals surface area contributed by atoms with Gasteiger partial charge in [0.25, 0.3) is 0 Å². The van der Waals surface area contributed by atoms with Crippen LogP contribution in [-0.4, -0.2) is 36.5 Å². The molecular formula is C22H33BrN2O2. The standard InChI is InChI=1S/C22H33BrN2O2/c1-4-5-6-7-8-9-10-14-20(26)27-19-13-11-12-18-21(19)17(22(23)24-18)15-16-25(2)3/h11-13,24H,4-10,14-16H2,1-3H3. The molecule has 2 rings (SSSR count). The Bertz CT molecular complexity index is 724. The Labute approximate surface area is 171 Å². The van der Waals surface area contributed by atoms with Gasteiger partial charge in [0.15, 0.2) is 0 Å². The molecule has 2 aromatic rings. The van der Waals surface area contributed by atoms with Crippen molar-refractivity contribution in [2.24, 2.45) is 0 Å². The first-order valence-corrected chi connectivity index (χ1v) is 11.0. The first-order valence-electron chi connectivity index (χ1n) is 10.2. The molecule has 27 heavy (non-hydrogen) atoms. The van der Waals surface area contributed by atoms with E-state index in [-0.39, 0.29) is 5.97 Å². The highest BCUT2D eigenvalue weighted by atomic mass is 79.9. The average molecular weight is 437 g/mol. The van der Waals surface area contributed by atoms with Crippen molar-refractivity contribution < 1.29 is 9.53 Å². The van der Waals surface area contributed by atoms with Gasteiger partial charge in [-0.2, -0.15) is 0 Å². The van der Waals surface area contributed by atoms with Gasteiger partial charge in [0.2, 0.25) is 0 Å². The van der Waals surface area contributed by atoms with Crippen molar-refractivity contribution >= 4 is 32.8 Å². The molecule has 0 aliphatic heterocycles. The number of hydrogen-bond donors (Lipinski definition) is 1. The molecule has 5 heteroatoms. The highest BCUT2D eigenvalue weighted by Crippen LogP contribution is 2.34. The van der Waals surface area contributed by atoms with Gasteiger partial charge < -0.3 is 14.6 Å². The van der Waals surface area contributed by atoms with Crippen molar-refractivity contribution in [1.82, 2.24) is 9.88 Å². The van der Waals surface area contributed by atoms with Crippen LogP contribution in [0.25, 0.3) is 10.9 Å². The van der Waals surface area contributed by atoms with Crippen LogP contribution in [0.3, 0.4) is 0 Å². The van der Waals surface area contributed by atoms with Crippen LogP contribution in [0.2, 0.25) is 0 Å². The third-order valence-electron chi connectivity index (χ3n) is 4.85. The summed E-state index contributed by atoms with van der Waals surface area (Å²) in [5.74, 6) is 0.531. The normalized spacial score (nSPS) is 11.4. The van der Waals surface area contributed by atoms with Crippen LogP contribution >= 0.6 is 15.9 Å². The number of likely N-dealkylation sites (N-methyl/N-ethyl adjacent to an activating group) is 1. The molecule has 4 nitrogen and oxygen atoms in total. The Morgan fingerprint density at radius 3 is 2.52 bits per heavy atom.